The predicted octanol–water partition coefficient (Wildman–Crippen LogP) is 2.03. The number of hydrogen-bond donors (Lipinski definition) is 1. The van der Waals surface area contributed by atoms with E-state index < -0.39 is 0 Å². The Kier molecular flexibility index (Phi) is 2.29. The Labute approximate surface area is 93.4 Å². The quantitative estimate of drug-likeness (QED) is 0.647. The molecule has 6 heteroatoms. The summed E-state index contributed by atoms with van der Waals surface area (Å²) in [4.78, 5) is 4.16. The van der Waals surface area contributed by atoms with Crippen molar-refractivity contribution in [2.24, 2.45) is 0 Å². The van der Waals surface area contributed by atoms with Gasteiger partial charge in [-0.1, -0.05) is 11.6 Å². The van der Waals surface area contributed by atoms with Crippen LogP contribution in [0.1, 0.15) is 0 Å². The zero-order chi connectivity index (χ0) is 9.42. The maximum Gasteiger partial charge on any atom is 0.172 e. The fourth-order valence-corrected chi connectivity index (χ4v) is 1.74. The third-order valence-corrected chi connectivity index (χ3v) is 2.61. The van der Waals surface area contributed by atoms with Crippen LogP contribution in [-0.4, -0.2) is 21.6 Å². The molecule has 0 saturated carbocycles. The summed E-state index contributed by atoms with van der Waals surface area (Å²) < 4.78 is 2.70. The maximum absolute atomic E-state index is 5.84. The van der Waals surface area contributed by atoms with Gasteiger partial charge in [-0.25, -0.2) is 4.98 Å². The smallest absolute Gasteiger partial charge is 0.172 e. The van der Waals surface area contributed by atoms with Gasteiger partial charge in [-0.3, -0.25) is 0 Å². The van der Waals surface area contributed by atoms with Gasteiger partial charge in [0.25, 0.3) is 0 Å². The highest BCUT2D eigenvalue weighted by molar-refractivity contribution is 14.1. The number of hydrogen-bond acceptors (Lipinski definition) is 3. The topological polar surface area (TPSA) is 42.2 Å². The molecule has 0 radical (unpaired) electrons. The molecule has 2 rings (SSSR count). The van der Waals surface area contributed by atoms with E-state index in [1.165, 1.54) is 0 Å². The maximum atomic E-state index is 5.84. The van der Waals surface area contributed by atoms with E-state index in [1.54, 1.807) is 16.8 Å². The molecule has 0 atom stereocenters. The fraction of sp³-hybridized carbons (Fsp3) is 0.143. The molecule has 0 aliphatic carbocycles. The molecule has 0 bridgehead atoms. The molecular formula is C7H6ClIN4. The molecular weight excluding hydrogens is 302 g/mol. The zero-order valence-corrected chi connectivity index (χ0v) is 9.67. The van der Waals surface area contributed by atoms with Crippen LogP contribution in [0.5, 0.6) is 0 Å². The second-order valence-electron chi connectivity index (χ2n) is 2.44. The van der Waals surface area contributed by atoms with Crippen LogP contribution in [0.4, 0.5) is 5.82 Å². The first-order valence-corrected chi connectivity index (χ1v) is 5.05. The largest absolute Gasteiger partial charge is 0.373 e. The molecule has 0 fully saturated rings. The van der Waals surface area contributed by atoms with Crippen molar-refractivity contribution in [3.63, 3.8) is 0 Å². The average Bonchev–Trinajstić information content (AvgIpc) is 2.47. The zero-order valence-electron chi connectivity index (χ0n) is 6.75. The van der Waals surface area contributed by atoms with E-state index in [4.69, 9.17) is 11.6 Å². The number of fused-ring (bicyclic) bond motifs is 1. The molecule has 0 saturated heterocycles. The summed E-state index contributed by atoms with van der Waals surface area (Å²) in [6.45, 7) is 0. The third kappa shape index (κ3) is 1.46. The molecule has 2 heterocycles. The van der Waals surface area contributed by atoms with Crippen molar-refractivity contribution in [3.05, 3.63) is 21.0 Å². The highest BCUT2D eigenvalue weighted by Gasteiger charge is 2.07. The molecule has 1 N–H and O–H groups in total. The Hall–Kier alpha value is -0.560. The summed E-state index contributed by atoms with van der Waals surface area (Å²) in [6, 6.07) is 1.73. The Morgan fingerprint density at radius 3 is 3.08 bits per heavy atom. The van der Waals surface area contributed by atoms with Crippen molar-refractivity contribution in [1.82, 2.24) is 14.6 Å². The van der Waals surface area contributed by atoms with Gasteiger partial charge >= 0.3 is 0 Å². The minimum atomic E-state index is 0.468. The van der Waals surface area contributed by atoms with E-state index in [9.17, 15) is 0 Å². The van der Waals surface area contributed by atoms with Crippen LogP contribution < -0.4 is 5.32 Å². The van der Waals surface area contributed by atoms with Gasteiger partial charge in [0.1, 0.15) is 11.0 Å². The second-order valence-corrected chi connectivity index (χ2v) is 3.99. The molecule has 0 spiro atoms. The minimum absolute atomic E-state index is 0.468. The van der Waals surface area contributed by atoms with E-state index in [0.29, 0.717) is 5.15 Å². The van der Waals surface area contributed by atoms with Crippen LogP contribution in [0, 0.1) is 3.57 Å². The van der Waals surface area contributed by atoms with E-state index in [0.717, 1.165) is 15.0 Å². The SMILES string of the molecule is CNc1cc(Cl)nc2c(I)cnn12. The summed E-state index contributed by atoms with van der Waals surface area (Å²) in [5.41, 5.74) is 0.775. The number of nitrogens with one attached hydrogen (secondary N) is 1. The molecule has 0 aliphatic rings. The first-order chi connectivity index (χ1) is 6.22. The van der Waals surface area contributed by atoms with Crippen LogP contribution in [0.25, 0.3) is 5.65 Å². The molecule has 4 nitrogen and oxygen atoms in total. The van der Waals surface area contributed by atoms with Crippen molar-refractivity contribution >= 4 is 45.7 Å². The monoisotopic (exact) mass is 308 g/mol. The van der Waals surface area contributed by atoms with Gasteiger partial charge in [-0.2, -0.15) is 9.61 Å². The Morgan fingerprint density at radius 2 is 2.38 bits per heavy atom. The standard InChI is InChI=1S/C7H6ClIN4/c1-10-6-2-5(8)12-7-4(9)3-11-13(6)7/h2-3,10H,1H3. The number of anilines is 1. The molecule has 2 aromatic rings. The van der Waals surface area contributed by atoms with Crippen LogP contribution in [0.15, 0.2) is 12.3 Å². The summed E-state index contributed by atoms with van der Waals surface area (Å²) in [6.07, 6.45) is 1.75. The summed E-state index contributed by atoms with van der Waals surface area (Å²) in [5.74, 6) is 0.831. The van der Waals surface area contributed by atoms with E-state index >= 15 is 0 Å². The average molecular weight is 309 g/mol. The van der Waals surface area contributed by atoms with Crippen LogP contribution in [-0.2, 0) is 0 Å². The lowest BCUT2D eigenvalue weighted by Crippen LogP contribution is -2.00. The molecule has 0 aromatic carbocycles. The Bertz CT molecular complexity index is 453. The number of aromatic nitrogens is 3. The fourth-order valence-electron chi connectivity index (χ4n) is 1.08. The molecule has 13 heavy (non-hydrogen) atoms. The van der Waals surface area contributed by atoms with Crippen molar-refractivity contribution in [1.29, 1.82) is 0 Å². The van der Waals surface area contributed by atoms with Crippen molar-refractivity contribution in [2.75, 3.05) is 12.4 Å². The molecule has 2 aromatic heterocycles. The lowest BCUT2D eigenvalue weighted by Gasteiger charge is -2.03. The van der Waals surface area contributed by atoms with Gasteiger partial charge in [0.2, 0.25) is 0 Å². The summed E-state index contributed by atoms with van der Waals surface area (Å²) in [5, 5.41) is 7.62. The third-order valence-electron chi connectivity index (χ3n) is 1.65. The molecule has 0 amide bonds. The summed E-state index contributed by atoms with van der Waals surface area (Å²) >= 11 is 8.01. The van der Waals surface area contributed by atoms with Gasteiger partial charge in [0.05, 0.1) is 9.77 Å². The van der Waals surface area contributed by atoms with Crippen molar-refractivity contribution in [3.8, 4) is 0 Å². The van der Waals surface area contributed by atoms with Gasteiger partial charge < -0.3 is 5.32 Å². The van der Waals surface area contributed by atoms with E-state index in [-0.39, 0.29) is 0 Å². The van der Waals surface area contributed by atoms with Crippen molar-refractivity contribution < 1.29 is 0 Å². The summed E-state index contributed by atoms with van der Waals surface area (Å²) in [7, 11) is 1.82. The van der Waals surface area contributed by atoms with E-state index in [1.807, 2.05) is 7.05 Å². The van der Waals surface area contributed by atoms with Crippen molar-refractivity contribution in [2.45, 2.75) is 0 Å². The second kappa shape index (κ2) is 3.30. The highest BCUT2D eigenvalue weighted by atomic mass is 127. The number of rotatable bonds is 1. The predicted molar refractivity (Wildman–Crippen MR) is 60.3 cm³/mol. The highest BCUT2D eigenvalue weighted by Crippen LogP contribution is 2.19. The Balaban J connectivity index is 2.84. The number of nitrogens with zero attached hydrogens (tertiary/aromatic N) is 3. The number of halogens is 2. The minimum Gasteiger partial charge on any atom is -0.373 e. The molecule has 0 aliphatic heterocycles. The van der Waals surface area contributed by atoms with Gasteiger partial charge in [0, 0.05) is 13.1 Å². The molecule has 68 valence electrons. The molecule has 0 unspecified atom stereocenters. The lowest BCUT2D eigenvalue weighted by molar-refractivity contribution is 0.943. The first-order valence-electron chi connectivity index (χ1n) is 3.60. The lowest BCUT2D eigenvalue weighted by atomic mass is 10.5. The first kappa shape index (κ1) is 9.01. The van der Waals surface area contributed by atoms with Gasteiger partial charge in [-0.05, 0) is 22.6 Å². The Morgan fingerprint density at radius 1 is 1.62 bits per heavy atom. The van der Waals surface area contributed by atoms with Crippen LogP contribution >= 0.6 is 34.2 Å². The van der Waals surface area contributed by atoms with E-state index in [2.05, 4.69) is 38.0 Å². The van der Waals surface area contributed by atoms with Crippen LogP contribution in [0.3, 0.4) is 0 Å². The van der Waals surface area contributed by atoms with Gasteiger partial charge in [0.15, 0.2) is 5.65 Å². The normalized spacial score (nSPS) is 10.7. The van der Waals surface area contributed by atoms with Crippen LogP contribution in [0.2, 0.25) is 5.15 Å². The van der Waals surface area contributed by atoms with Gasteiger partial charge in [-0.15, -0.1) is 0 Å².